The summed E-state index contributed by atoms with van der Waals surface area (Å²) < 4.78 is 0. The third kappa shape index (κ3) is 2.42. The summed E-state index contributed by atoms with van der Waals surface area (Å²) in [5.74, 6) is -0.989. The summed E-state index contributed by atoms with van der Waals surface area (Å²) in [6.45, 7) is 0. The Morgan fingerprint density at radius 3 is 2.11 bits per heavy atom. The Hall–Kier alpha value is -2.11. The van der Waals surface area contributed by atoms with Crippen molar-refractivity contribution >= 4 is 18.6 Å². The fourth-order valence-corrected chi connectivity index (χ4v) is 1.78. The van der Waals surface area contributed by atoms with Crippen LogP contribution in [0.25, 0.3) is 11.1 Å². The van der Waals surface area contributed by atoms with Gasteiger partial charge in [0, 0.05) is 0 Å². The van der Waals surface area contributed by atoms with E-state index < -0.39 is 13.1 Å². The average Bonchev–Trinajstić information content (AvgIpc) is 2.39. The van der Waals surface area contributed by atoms with Crippen molar-refractivity contribution in [2.24, 2.45) is 0 Å². The van der Waals surface area contributed by atoms with Crippen LogP contribution in [-0.2, 0) is 0 Å². The van der Waals surface area contributed by atoms with Gasteiger partial charge in [-0.3, -0.25) is 0 Å². The number of benzene rings is 2. The van der Waals surface area contributed by atoms with Crippen LogP contribution in [0.3, 0.4) is 0 Å². The second kappa shape index (κ2) is 5.04. The number of hydrogen-bond donors (Lipinski definition) is 3. The molecule has 0 aromatic heterocycles. The molecule has 0 fully saturated rings. The number of hydrogen-bond acceptors (Lipinski definition) is 3. The van der Waals surface area contributed by atoms with Gasteiger partial charge in [0.15, 0.2) is 0 Å². The average molecular weight is 242 g/mol. The highest BCUT2D eigenvalue weighted by Gasteiger charge is 2.16. The van der Waals surface area contributed by atoms with Crippen LogP contribution in [0.2, 0.25) is 0 Å². The molecule has 2 aromatic carbocycles. The van der Waals surface area contributed by atoms with E-state index in [1.54, 1.807) is 36.4 Å². The van der Waals surface area contributed by atoms with Gasteiger partial charge >= 0.3 is 13.1 Å². The maximum atomic E-state index is 10.7. The van der Waals surface area contributed by atoms with Crippen molar-refractivity contribution < 1.29 is 19.9 Å². The molecular weight excluding hydrogens is 231 g/mol. The molecule has 0 aliphatic heterocycles. The van der Waals surface area contributed by atoms with E-state index in [2.05, 4.69) is 0 Å². The molecule has 4 nitrogen and oxygen atoms in total. The highest BCUT2D eigenvalue weighted by molar-refractivity contribution is 6.60. The third-order valence-electron chi connectivity index (χ3n) is 2.68. The minimum absolute atomic E-state index is 0.195. The van der Waals surface area contributed by atoms with E-state index in [9.17, 15) is 14.8 Å². The summed E-state index contributed by atoms with van der Waals surface area (Å²) in [7, 11) is -1.56. The lowest BCUT2D eigenvalue weighted by molar-refractivity contribution is 0.0697. The lowest BCUT2D eigenvalue weighted by Gasteiger charge is -2.08. The SMILES string of the molecule is O=C(O)c1ccc(-c2ccccc2B(O)O)cc1. The summed E-state index contributed by atoms with van der Waals surface area (Å²) in [4.78, 5) is 10.7. The monoisotopic (exact) mass is 242 g/mol. The van der Waals surface area contributed by atoms with Gasteiger partial charge in [0.2, 0.25) is 0 Å². The molecule has 2 rings (SSSR count). The van der Waals surface area contributed by atoms with Crippen LogP contribution in [0.1, 0.15) is 10.4 Å². The summed E-state index contributed by atoms with van der Waals surface area (Å²) in [6.07, 6.45) is 0. The zero-order chi connectivity index (χ0) is 13.1. The first-order valence-electron chi connectivity index (χ1n) is 5.38. The Kier molecular flexibility index (Phi) is 3.46. The molecule has 0 aliphatic carbocycles. The molecule has 90 valence electrons. The molecule has 0 aliphatic rings. The number of carboxylic acids is 1. The van der Waals surface area contributed by atoms with Gasteiger partial charge in [0.1, 0.15) is 0 Å². The van der Waals surface area contributed by atoms with Gasteiger partial charge in [-0.05, 0) is 28.7 Å². The van der Waals surface area contributed by atoms with E-state index in [1.165, 1.54) is 12.1 Å². The maximum absolute atomic E-state index is 10.7. The van der Waals surface area contributed by atoms with Crippen molar-refractivity contribution in [2.45, 2.75) is 0 Å². The van der Waals surface area contributed by atoms with E-state index in [4.69, 9.17) is 5.11 Å². The quantitative estimate of drug-likeness (QED) is 0.693. The van der Waals surface area contributed by atoms with Crippen molar-refractivity contribution in [1.29, 1.82) is 0 Å². The van der Waals surface area contributed by atoms with Crippen LogP contribution in [0.15, 0.2) is 48.5 Å². The standard InChI is InChI=1S/C13H11BO4/c15-13(16)10-7-5-9(6-8-10)11-3-1-2-4-12(11)14(17)18/h1-8,17-18H,(H,15,16). The summed E-state index contributed by atoms with van der Waals surface area (Å²) >= 11 is 0. The number of carboxylic acid groups (broad SMARTS) is 1. The normalized spacial score (nSPS) is 10.1. The predicted molar refractivity (Wildman–Crippen MR) is 68.7 cm³/mol. The van der Waals surface area contributed by atoms with Gasteiger partial charge < -0.3 is 15.2 Å². The van der Waals surface area contributed by atoms with Crippen LogP contribution in [-0.4, -0.2) is 28.2 Å². The summed E-state index contributed by atoms with van der Waals surface area (Å²) in [6, 6.07) is 13.1. The third-order valence-corrected chi connectivity index (χ3v) is 2.68. The first-order valence-corrected chi connectivity index (χ1v) is 5.38. The largest absolute Gasteiger partial charge is 0.489 e. The van der Waals surface area contributed by atoms with Crippen LogP contribution in [0, 0.1) is 0 Å². The van der Waals surface area contributed by atoms with Crippen molar-refractivity contribution in [2.75, 3.05) is 0 Å². The lowest BCUT2D eigenvalue weighted by Crippen LogP contribution is -2.31. The smallest absolute Gasteiger partial charge is 0.478 e. The van der Waals surface area contributed by atoms with Gasteiger partial charge in [-0.25, -0.2) is 4.79 Å². The second-order valence-electron chi connectivity index (χ2n) is 3.84. The number of carbonyl (C=O) groups is 1. The Bertz CT molecular complexity index is 563. The lowest BCUT2D eigenvalue weighted by atomic mass is 9.75. The number of rotatable bonds is 3. The Balaban J connectivity index is 2.46. The fraction of sp³-hybridized carbons (Fsp3) is 0. The molecule has 0 amide bonds. The van der Waals surface area contributed by atoms with Gasteiger partial charge in [-0.15, -0.1) is 0 Å². The minimum Gasteiger partial charge on any atom is -0.478 e. The first kappa shape index (κ1) is 12.4. The molecule has 0 saturated carbocycles. The van der Waals surface area contributed by atoms with E-state index >= 15 is 0 Å². The molecule has 0 atom stereocenters. The molecule has 0 saturated heterocycles. The highest BCUT2D eigenvalue weighted by Crippen LogP contribution is 2.18. The topological polar surface area (TPSA) is 77.8 Å². The van der Waals surface area contributed by atoms with Gasteiger partial charge in [0.25, 0.3) is 0 Å². The van der Waals surface area contributed by atoms with Crippen molar-refractivity contribution in [1.82, 2.24) is 0 Å². The van der Waals surface area contributed by atoms with Crippen LogP contribution >= 0.6 is 0 Å². The van der Waals surface area contributed by atoms with Crippen LogP contribution in [0.5, 0.6) is 0 Å². The molecule has 0 unspecified atom stereocenters. The molecular formula is C13H11BO4. The minimum atomic E-state index is -1.56. The van der Waals surface area contributed by atoms with E-state index in [-0.39, 0.29) is 5.56 Å². The number of aromatic carboxylic acids is 1. The van der Waals surface area contributed by atoms with Crippen LogP contribution in [0.4, 0.5) is 0 Å². The van der Waals surface area contributed by atoms with E-state index in [0.717, 1.165) is 5.56 Å². The molecule has 0 spiro atoms. The zero-order valence-corrected chi connectivity index (χ0v) is 9.45. The first-order chi connectivity index (χ1) is 8.59. The molecule has 3 N–H and O–H groups in total. The van der Waals surface area contributed by atoms with Crippen molar-refractivity contribution in [3.63, 3.8) is 0 Å². The maximum Gasteiger partial charge on any atom is 0.489 e. The molecule has 0 heterocycles. The fourth-order valence-electron chi connectivity index (χ4n) is 1.78. The molecule has 0 radical (unpaired) electrons. The Labute approximate surface area is 104 Å². The summed E-state index contributed by atoms with van der Waals surface area (Å²) in [5.41, 5.74) is 1.99. The Morgan fingerprint density at radius 2 is 1.56 bits per heavy atom. The van der Waals surface area contributed by atoms with Crippen molar-refractivity contribution in [3.8, 4) is 11.1 Å². The van der Waals surface area contributed by atoms with Gasteiger partial charge in [0.05, 0.1) is 5.56 Å². The molecule has 18 heavy (non-hydrogen) atoms. The van der Waals surface area contributed by atoms with Gasteiger partial charge in [-0.1, -0.05) is 36.4 Å². The van der Waals surface area contributed by atoms with Gasteiger partial charge in [-0.2, -0.15) is 0 Å². The van der Waals surface area contributed by atoms with E-state index in [0.29, 0.717) is 11.0 Å². The van der Waals surface area contributed by atoms with Crippen molar-refractivity contribution in [3.05, 3.63) is 54.1 Å². The highest BCUT2D eigenvalue weighted by atomic mass is 16.4. The molecule has 5 heteroatoms. The molecule has 0 bridgehead atoms. The molecule has 2 aromatic rings. The zero-order valence-electron chi connectivity index (χ0n) is 9.45. The van der Waals surface area contributed by atoms with Crippen LogP contribution < -0.4 is 5.46 Å². The summed E-state index contributed by atoms with van der Waals surface area (Å²) in [5, 5.41) is 27.3. The Morgan fingerprint density at radius 1 is 0.944 bits per heavy atom. The second-order valence-corrected chi connectivity index (χ2v) is 3.84. The van der Waals surface area contributed by atoms with E-state index in [1.807, 2.05) is 0 Å². The predicted octanol–water partition coefficient (Wildman–Crippen LogP) is 0.732.